The largest absolute Gasteiger partial charge is 0.354 e. The van der Waals surface area contributed by atoms with E-state index in [0.29, 0.717) is 0 Å². The highest BCUT2D eigenvalue weighted by Crippen LogP contribution is 2.45. The Morgan fingerprint density at radius 2 is 2.17 bits per heavy atom. The minimum atomic E-state index is 0.740. The lowest BCUT2D eigenvalue weighted by molar-refractivity contribution is 1.01. The molecule has 2 nitrogen and oxygen atoms in total. The molecule has 1 fully saturated rings. The van der Waals surface area contributed by atoms with Crippen LogP contribution >= 0.6 is 27.3 Å². The molecule has 0 atom stereocenters. The maximum Gasteiger partial charge on any atom is 0.186 e. The Kier molecular flexibility index (Phi) is 2.12. The molecule has 0 N–H and O–H groups in total. The van der Waals surface area contributed by atoms with E-state index in [1.54, 1.807) is 11.3 Å². The highest BCUT2D eigenvalue weighted by atomic mass is 79.9. The van der Waals surface area contributed by atoms with Crippen LogP contribution in [0, 0.1) is 0 Å². The van der Waals surface area contributed by atoms with Crippen LogP contribution in [-0.2, 0) is 0 Å². The highest BCUT2D eigenvalue weighted by Gasteiger charge is 2.29. The maximum atomic E-state index is 4.57. The Balaban J connectivity index is 2.30. The number of hydrogen-bond donors (Lipinski definition) is 0. The summed E-state index contributed by atoms with van der Waals surface area (Å²) in [7, 11) is 4.06. The zero-order valence-corrected chi connectivity index (χ0v) is 9.57. The van der Waals surface area contributed by atoms with E-state index in [1.165, 1.54) is 22.3 Å². The molecule has 0 spiro atoms. The highest BCUT2D eigenvalue weighted by molar-refractivity contribution is 9.11. The van der Waals surface area contributed by atoms with Crippen molar-refractivity contribution in [2.24, 2.45) is 0 Å². The lowest BCUT2D eigenvalue weighted by Crippen LogP contribution is -2.07. The Bertz CT molecular complexity index is 291. The van der Waals surface area contributed by atoms with E-state index < -0.39 is 0 Å². The first kappa shape index (κ1) is 8.51. The van der Waals surface area contributed by atoms with Crippen molar-refractivity contribution in [3.8, 4) is 0 Å². The number of thiazole rings is 1. The van der Waals surface area contributed by atoms with Crippen molar-refractivity contribution in [2.75, 3.05) is 19.0 Å². The lowest BCUT2D eigenvalue weighted by Gasteiger charge is -2.05. The van der Waals surface area contributed by atoms with Crippen molar-refractivity contribution in [1.29, 1.82) is 0 Å². The number of hydrogen-bond acceptors (Lipinski definition) is 3. The molecule has 0 aliphatic heterocycles. The van der Waals surface area contributed by atoms with Gasteiger partial charge in [0.25, 0.3) is 0 Å². The molecule has 0 saturated heterocycles. The van der Waals surface area contributed by atoms with Crippen molar-refractivity contribution in [1.82, 2.24) is 4.98 Å². The Labute approximate surface area is 84.7 Å². The minimum Gasteiger partial charge on any atom is -0.354 e. The van der Waals surface area contributed by atoms with Gasteiger partial charge in [0.15, 0.2) is 5.13 Å². The summed E-state index contributed by atoms with van der Waals surface area (Å²) in [5.41, 5.74) is 1.27. The summed E-state index contributed by atoms with van der Waals surface area (Å²) in [6.45, 7) is 0. The Morgan fingerprint density at radius 3 is 2.58 bits per heavy atom. The maximum absolute atomic E-state index is 4.57. The van der Waals surface area contributed by atoms with E-state index in [0.717, 1.165) is 11.0 Å². The van der Waals surface area contributed by atoms with Gasteiger partial charge in [0.1, 0.15) is 0 Å². The van der Waals surface area contributed by atoms with Gasteiger partial charge in [-0.1, -0.05) is 11.3 Å². The van der Waals surface area contributed by atoms with Crippen molar-refractivity contribution in [3.63, 3.8) is 0 Å². The molecular weight excluding hydrogens is 236 g/mol. The van der Waals surface area contributed by atoms with Gasteiger partial charge >= 0.3 is 0 Å². The van der Waals surface area contributed by atoms with Crippen molar-refractivity contribution >= 4 is 32.4 Å². The van der Waals surface area contributed by atoms with Crippen LogP contribution in [0.2, 0.25) is 0 Å². The third-order valence-corrected chi connectivity index (χ3v) is 3.86. The molecule has 2 rings (SSSR count). The van der Waals surface area contributed by atoms with Crippen LogP contribution in [0.25, 0.3) is 0 Å². The predicted octanol–water partition coefficient (Wildman–Crippen LogP) is 2.85. The summed E-state index contributed by atoms with van der Waals surface area (Å²) in [5, 5.41) is 1.10. The summed E-state index contributed by atoms with van der Waals surface area (Å²) >= 11 is 5.28. The van der Waals surface area contributed by atoms with Gasteiger partial charge in [-0.25, -0.2) is 4.98 Å². The summed E-state index contributed by atoms with van der Waals surface area (Å²) in [6.07, 6.45) is 2.63. The van der Waals surface area contributed by atoms with E-state index in [1.807, 2.05) is 14.1 Å². The molecule has 0 amide bonds. The van der Waals surface area contributed by atoms with E-state index >= 15 is 0 Å². The van der Waals surface area contributed by atoms with Gasteiger partial charge in [-0.15, -0.1) is 0 Å². The molecule has 1 saturated carbocycles. The van der Waals surface area contributed by atoms with Gasteiger partial charge < -0.3 is 4.90 Å². The monoisotopic (exact) mass is 246 g/mol. The van der Waals surface area contributed by atoms with Crippen LogP contribution in [0.5, 0.6) is 0 Å². The SMILES string of the molecule is CN(C)c1nc(C2CC2)c(Br)s1. The first-order valence-corrected chi connectivity index (χ1v) is 5.63. The van der Waals surface area contributed by atoms with Crippen molar-refractivity contribution in [2.45, 2.75) is 18.8 Å². The Hall–Kier alpha value is -0.0900. The van der Waals surface area contributed by atoms with E-state index in [-0.39, 0.29) is 0 Å². The molecule has 0 radical (unpaired) electrons. The minimum absolute atomic E-state index is 0.740. The molecule has 1 aliphatic rings. The quantitative estimate of drug-likeness (QED) is 0.798. The van der Waals surface area contributed by atoms with Gasteiger partial charge in [-0.2, -0.15) is 0 Å². The topological polar surface area (TPSA) is 16.1 Å². The number of rotatable bonds is 2. The normalized spacial score (nSPS) is 16.6. The molecule has 66 valence electrons. The number of nitrogens with zero attached hydrogens (tertiary/aromatic N) is 2. The molecule has 12 heavy (non-hydrogen) atoms. The number of aromatic nitrogens is 1. The molecule has 0 bridgehead atoms. The fraction of sp³-hybridized carbons (Fsp3) is 0.625. The van der Waals surface area contributed by atoms with Gasteiger partial charge in [0, 0.05) is 20.0 Å². The van der Waals surface area contributed by atoms with Gasteiger partial charge in [0.2, 0.25) is 0 Å². The van der Waals surface area contributed by atoms with Crippen LogP contribution < -0.4 is 4.90 Å². The first-order valence-electron chi connectivity index (χ1n) is 4.02. The average molecular weight is 247 g/mol. The lowest BCUT2D eigenvalue weighted by atomic mass is 10.3. The fourth-order valence-corrected chi connectivity index (χ4v) is 2.75. The predicted molar refractivity (Wildman–Crippen MR) is 56.1 cm³/mol. The summed E-state index contributed by atoms with van der Waals surface area (Å²) in [6, 6.07) is 0. The van der Waals surface area contributed by atoms with Gasteiger partial charge in [-0.05, 0) is 28.8 Å². The molecule has 1 aliphatic carbocycles. The smallest absolute Gasteiger partial charge is 0.186 e. The molecule has 0 aromatic carbocycles. The van der Waals surface area contributed by atoms with Crippen LogP contribution in [0.4, 0.5) is 5.13 Å². The summed E-state index contributed by atoms with van der Waals surface area (Å²) in [5.74, 6) is 0.740. The molecular formula is C8H11BrN2S. The first-order chi connectivity index (χ1) is 5.68. The fourth-order valence-electron chi connectivity index (χ4n) is 1.10. The van der Waals surface area contributed by atoms with Crippen LogP contribution in [-0.4, -0.2) is 19.1 Å². The third kappa shape index (κ3) is 1.50. The zero-order chi connectivity index (χ0) is 8.72. The summed E-state index contributed by atoms with van der Waals surface area (Å²) < 4.78 is 1.22. The summed E-state index contributed by atoms with van der Waals surface area (Å²) in [4.78, 5) is 6.63. The second kappa shape index (κ2) is 3.00. The molecule has 0 unspecified atom stereocenters. The second-order valence-corrected chi connectivity index (χ2v) is 5.62. The zero-order valence-electron chi connectivity index (χ0n) is 7.17. The van der Waals surface area contributed by atoms with Crippen LogP contribution in [0.1, 0.15) is 24.5 Å². The van der Waals surface area contributed by atoms with Gasteiger partial charge in [0.05, 0.1) is 9.48 Å². The van der Waals surface area contributed by atoms with Gasteiger partial charge in [-0.3, -0.25) is 0 Å². The van der Waals surface area contributed by atoms with E-state index in [2.05, 4.69) is 25.8 Å². The van der Waals surface area contributed by atoms with Crippen molar-refractivity contribution in [3.05, 3.63) is 9.48 Å². The average Bonchev–Trinajstić information content (AvgIpc) is 2.75. The van der Waals surface area contributed by atoms with Crippen molar-refractivity contribution < 1.29 is 0 Å². The van der Waals surface area contributed by atoms with E-state index in [4.69, 9.17) is 0 Å². The van der Waals surface area contributed by atoms with Crippen LogP contribution in [0.3, 0.4) is 0 Å². The van der Waals surface area contributed by atoms with E-state index in [9.17, 15) is 0 Å². The molecule has 1 heterocycles. The molecule has 1 aromatic heterocycles. The standard InChI is InChI=1S/C8H11BrN2S/c1-11(2)8-10-6(5-3-4-5)7(9)12-8/h5H,3-4H2,1-2H3. The second-order valence-electron chi connectivity index (χ2n) is 3.32. The molecule has 1 aromatic rings. The Morgan fingerprint density at radius 1 is 1.50 bits per heavy atom. The molecule has 4 heteroatoms. The van der Waals surface area contributed by atoms with Crippen LogP contribution in [0.15, 0.2) is 3.79 Å². The number of halogens is 1. The third-order valence-electron chi connectivity index (χ3n) is 1.94. The number of anilines is 1.